The molecule has 0 amide bonds. The number of thiazole rings is 1. The molecule has 3 rings (SSSR count). The third-order valence-corrected chi connectivity index (χ3v) is 6.03. The number of ether oxygens (including phenoxy) is 1. The highest BCUT2D eigenvalue weighted by molar-refractivity contribution is 7.89. The summed E-state index contributed by atoms with van der Waals surface area (Å²) in [6.45, 7) is 0.286. The van der Waals surface area contributed by atoms with Gasteiger partial charge in [-0.25, -0.2) is 13.4 Å². The van der Waals surface area contributed by atoms with Crippen molar-refractivity contribution in [3.63, 3.8) is 0 Å². The Morgan fingerprint density at radius 1 is 1.20 bits per heavy atom. The van der Waals surface area contributed by atoms with E-state index in [1.54, 1.807) is 53.6 Å². The summed E-state index contributed by atoms with van der Waals surface area (Å²) >= 11 is 7.21. The van der Waals surface area contributed by atoms with Gasteiger partial charge in [0.05, 0.1) is 22.9 Å². The summed E-state index contributed by atoms with van der Waals surface area (Å²) in [6.07, 6.45) is 1.58. The standard InChI is InChI=1S/C16H16ClN3O3S2/c1-20-14(6-7-18-20)11-25(21,22)10-13-9-24-16(19-13)8-23-15-4-2-12(17)3-5-15/h2-7,9H,8,10-11H2,1H3. The second kappa shape index (κ2) is 7.55. The number of halogens is 1. The average molecular weight is 398 g/mol. The van der Waals surface area contributed by atoms with Gasteiger partial charge in [-0.15, -0.1) is 11.3 Å². The van der Waals surface area contributed by atoms with E-state index in [-0.39, 0.29) is 18.1 Å². The van der Waals surface area contributed by atoms with Crippen molar-refractivity contribution in [3.05, 3.63) is 63.3 Å². The first-order valence-corrected chi connectivity index (χ1v) is 10.5. The van der Waals surface area contributed by atoms with Crippen LogP contribution >= 0.6 is 22.9 Å². The van der Waals surface area contributed by atoms with Crippen molar-refractivity contribution in [2.75, 3.05) is 0 Å². The number of aryl methyl sites for hydroxylation is 1. The van der Waals surface area contributed by atoms with E-state index in [4.69, 9.17) is 16.3 Å². The second-order valence-electron chi connectivity index (χ2n) is 5.45. The molecular weight excluding hydrogens is 382 g/mol. The first kappa shape index (κ1) is 17.9. The molecule has 3 aromatic rings. The fourth-order valence-corrected chi connectivity index (χ4v) is 4.57. The minimum absolute atomic E-state index is 0.0579. The Morgan fingerprint density at radius 2 is 1.96 bits per heavy atom. The molecule has 0 bridgehead atoms. The van der Waals surface area contributed by atoms with E-state index in [0.29, 0.717) is 22.2 Å². The van der Waals surface area contributed by atoms with Crippen molar-refractivity contribution in [3.8, 4) is 5.75 Å². The molecule has 0 radical (unpaired) electrons. The van der Waals surface area contributed by atoms with E-state index >= 15 is 0 Å². The first-order chi connectivity index (χ1) is 11.9. The van der Waals surface area contributed by atoms with Gasteiger partial charge in [-0.1, -0.05) is 11.6 Å². The summed E-state index contributed by atoms with van der Waals surface area (Å²) in [5, 5.41) is 7.10. The van der Waals surface area contributed by atoms with Gasteiger partial charge in [-0.2, -0.15) is 5.10 Å². The lowest BCUT2D eigenvalue weighted by Gasteiger charge is -2.04. The van der Waals surface area contributed by atoms with Gasteiger partial charge in [0.1, 0.15) is 17.4 Å². The van der Waals surface area contributed by atoms with Crippen LogP contribution in [0, 0.1) is 0 Å². The lowest BCUT2D eigenvalue weighted by molar-refractivity contribution is 0.305. The highest BCUT2D eigenvalue weighted by Crippen LogP contribution is 2.19. The van der Waals surface area contributed by atoms with Crippen molar-refractivity contribution < 1.29 is 13.2 Å². The Morgan fingerprint density at radius 3 is 2.64 bits per heavy atom. The smallest absolute Gasteiger partial charge is 0.161 e. The molecule has 0 aliphatic carbocycles. The molecule has 9 heteroatoms. The van der Waals surface area contributed by atoms with E-state index in [1.165, 1.54) is 11.3 Å². The van der Waals surface area contributed by atoms with Crippen LogP contribution in [0.25, 0.3) is 0 Å². The summed E-state index contributed by atoms with van der Waals surface area (Å²) in [5.41, 5.74) is 1.18. The first-order valence-electron chi connectivity index (χ1n) is 7.40. The van der Waals surface area contributed by atoms with E-state index in [1.807, 2.05) is 0 Å². The highest BCUT2D eigenvalue weighted by Gasteiger charge is 2.17. The molecule has 0 unspecified atom stereocenters. The third-order valence-electron chi connectivity index (χ3n) is 3.43. The van der Waals surface area contributed by atoms with Crippen molar-refractivity contribution >= 4 is 32.8 Å². The van der Waals surface area contributed by atoms with Gasteiger partial charge in [0.15, 0.2) is 9.84 Å². The van der Waals surface area contributed by atoms with Crippen LogP contribution in [0.4, 0.5) is 0 Å². The molecule has 2 heterocycles. The van der Waals surface area contributed by atoms with Crippen molar-refractivity contribution in [1.82, 2.24) is 14.8 Å². The van der Waals surface area contributed by atoms with E-state index in [9.17, 15) is 8.42 Å². The molecule has 25 heavy (non-hydrogen) atoms. The summed E-state index contributed by atoms with van der Waals surface area (Å²) in [5.74, 6) is 0.526. The highest BCUT2D eigenvalue weighted by atomic mass is 35.5. The predicted octanol–water partition coefficient (Wildman–Crippen LogP) is 3.22. The minimum atomic E-state index is -3.31. The number of sulfone groups is 1. The Bertz CT molecular complexity index is 949. The number of aromatic nitrogens is 3. The monoisotopic (exact) mass is 397 g/mol. The number of nitrogens with zero attached hydrogens (tertiary/aromatic N) is 3. The van der Waals surface area contributed by atoms with Crippen LogP contribution in [-0.4, -0.2) is 23.2 Å². The fourth-order valence-electron chi connectivity index (χ4n) is 2.20. The number of hydrogen-bond donors (Lipinski definition) is 0. The van der Waals surface area contributed by atoms with Gasteiger partial charge in [0, 0.05) is 23.6 Å². The van der Waals surface area contributed by atoms with Crippen molar-refractivity contribution in [1.29, 1.82) is 0 Å². The fraction of sp³-hybridized carbons (Fsp3) is 0.250. The number of benzene rings is 1. The average Bonchev–Trinajstić information content (AvgIpc) is 3.15. The van der Waals surface area contributed by atoms with Gasteiger partial charge in [0.2, 0.25) is 0 Å². The lowest BCUT2D eigenvalue weighted by Crippen LogP contribution is -2.11. The van der Waals surface area contributed by atoms with Crippen LogP contribution in [0.3, 0.4) is 0 Å². The van der Waals surface area contributed by atoms with E-state index < -0.39 is 9.84 Å². The molecule has 1 aromatic carbocycles. The van der Waals surface area contributed by atoms with E-state index in [0.717, 1.165) is 5.01 Å². The minimum Gasteiger partial charge on any atom is -0.486 e. The molecule has 0 spiro atoms. The Balaban J connectivity index is 1.59. The largest absolute Gasteiger partial charge is 0.486 e. The molecule has 0 fully saturated rings. The van der Waals surface area contributed by atoms with Crippen LogP contribution in [0.15, 0.2) is 41.9 Å². The SMILES string of the molecule is Cn1nccc1CS(=O)(=O)Cc1csc(COc2ccc(Cl)cc2)n1. The molecule has 2 aromatic heterocycles. The zero-order valence-electron chi connectivity index (χ0n) is 13.4. The summed E-state index contributed by atoms with van der Waals surface area (Å²) in [6, 6.07) is 8.73. The molecule has 0 aliphatic heterocycles. The van der Waals surface area contributed by atoms with Crippen molar-refractivity contribution in [2.45, 2.75) is 18.1 Å². The molecular formula is C16H16ClN3O3S2. The molecule has 0 saturated heterocycles. The van der Waals surface area contributed by atoms with E-state index in [2.05, 4.69) is 10.1 Å². The number of rotatable bonds is 7. The molecule has 0 saturated carbocycles. The van der Waals surface area contributed by atoms with Crippen LogP contribution in [0.2, 0.25) is 5.02 Å². The van der Waals surface area contributed by atoms with Crippen LogP contribution < -0.4 is 4.74 Å². The molecule has 0 atom stereocenters. The maximum absolute atomic E-state index is 12.3. The number of hydrogen-bond acceptors (Lipinski definition) is 6. The molecule has 6 nitrogen and oxygen atoms in total. The second-order valence-corrected chi connectivity index (χ2v) is 8.90. The zero-order chi connectivity index (χ0) is 17.9. The van der Waals surface area contributed by atoms with Gasteiger partial charge in [-0.05, 0) is 30.3 Å². The molecule has 0 aliphatic rings. The Kier molecular flexibility index (Phi) is 5.41. The van der Waals surface area contributed by atoms with Crippen molar-refractivity contribution in [2.24, 2.45) is 7.05 Å². The summed E-state index contributed by atoms with van der Waals surface area (Å²) in [4.78, 5) is 4.35. The topological polar surface area (TPSA) is 74.1 Å². The molecule has 0 N–H and O–H groups in total. The summed E-state index contributed by atoms with van der Waals surface area (Å²) < 4.78 is 31.8. The van der Waals surface area contributed by atoms with Crippen LogP contribution in [-0.2, 0) is 35.0 Å². The van der Waals surface area contributed by atoms with Crippen LogP contribution in [0.5, 0.6) is 5.75 Å². The normalized spacial score (nSPS) is 11.6. The van der Waals surface area contributed by atoms with Crippen LogP contribution in [0.1, 0.15) is 16.4 Å². The summed E-state index contributed by atoms with van der Waals surface area (Å²) in [7, 11) is -1.59. The Labute approximate surface area is 155 Å². The van der Waals surface area contributed by atoms with Gasteiger partial charge >= 0.3 is 0 Å². The predicted molar refractivity (Wildman–Crippen MR) is 97.4 cm³/mol. The zero-order valence-corrected chi connectivity index (χ0v) is 15.8. The molecule has 132 valence electrons. The lowest BCUT2D eigenvalue weighted by atomic mass is 10.3. The Hall–Kier alpha value is -1.90. The third kappa shape index (κ3) is 5.04. The van der Waals surface area contributed by atoms with Gasteiger partial charge < -0.3 is 4.74 Å². The maximum atomic E-state index is 12.3. The maximum Gasteiger partial charge on any atom is 0.161 e. The van der Waals surface area contributed by atoms with Gasteiger partial charge in [-0.3, -0.25) is 4.68 Å². The van der Waals surface area contributed by atoms with Gasteiger partial charge in [0.25, 0.3) is 0 Å². The quantitative estimate of drug-likeness (QED) is 0.612.